The van der Waals surface area contributed by atoms with Crippen molar-refractivity contribution in [2.45, 2.75) is 6.04 Å². The highest BCUT2D eigenvalue weighted by Crippen LogP contribution is 2.24. The van der Waals surface area contributed by atoms with E-state index in [0.717, 1.165) is 0 Å². The molecule has 1 unspecified atom stereocenters. The van der Waals surface area contributed by atoms with Crippen LogP contribution in [0, 0.1) is 0 Å². The van der Waals surface area contributed by atoms with Crippen molar-refractivity contribution in [1.29, 1.82) is 0 Å². The van der Waals surface area contributed by atoms with Crippen LogP contribution < -0.4 is 16.8 Å². The van der Waals surface area contributed by atoms with Gasteiger partial charge in [0.15, 0.2) is 0 Å². The zero-order chi connectivity index (χ0) is 15.6. The van der Waals surface area contributed by atoms with Crippen LogP contribution >= 0.6 is 11.6 Å². The van der Waals surface area contributed by atoms with Crippen LogP contribution in [0.5, 0.6) is 0 Å². The number of aromatic nitrogens is 2. The average molecular weight is 308 g/mol. The fourth-order valence-electron chi connectivity index (χ4n) is 1.74. The molecule has 21 heavy (non-hydrogen) atoms. The second-order valence-corrected chi connectivity index (χ2v) is 4.88. The van der Waals surface area contributed by atoms with Gasteiger partial charge in [-0.3, -0.25) is 14.3 Å². The van der Waals surface area contributed by atoms with Gasteiger partial charge in [-0.15, -0.1) is 0 Å². The maximum Gasteiger partial charge on any atom is 0.248 e. The van der Waals surface area contributed by atoms with Gasteiger partial charge in [0, 0.05) is 24.4 Å². The number of benzene rings is 1. The fourth-order valence-corrected chi connectivity index (χ4v) is 1.90. The van der Waals surface area contributed by atoms with Crippen molar-refractivity contribution in [1.82, 2.24) is 9.78 Å². The summed E-state index contributed by atoms with van der Waals surface area (Å²) in [5.41, 5.74) is 12.1. The summed E-state index contributed by atoms with van der Waals surface area (Å²) in [6.45, 7) is 0. The van der Waals surface area contributed by atoms with Crippen molar-refractivity contribution >= 4 is 29.1 Å². The molecule has 0 saturated heterocycles. The first-order valence-electron chi connectivity index (χ1n) is 6.03. The van der Waals surface area contributed by atoms with Gasteiger partial charge in [-0.1, -0.05) is 11.6 Å². The summed E-state index contributed by atoms with van der Waals surface area (Å²) >= 11 is 5.98. The molecule has 0 spiro atoms. The van der Waals surface area contributed by atoms with E-state index in [1.54, 1.807) is 17.9 Å². The molecule has 0 aliphatic carbocycles. The molecule has 0 bridgehead atoms. The minimum Gasteiger partial charge on any atom is -0.366 e. The average Bonchev–Trinajstić information content (AvgIpc) is 2.86. The molecule has 0 fully saturated rings. The minimum atomic E-state index is -0.896. The Bertz CT molecular complexity index is 698. The zero-order valence-electron chi connectivity index (χ0n) is 11.2. The van der Waals surface area contributed by atoms with E-state index in [1.807, 2.05) is 0 Å². The first kappa shape index (κ1) is 15.0. The molecule has 1 atom stereocenters. The monoisotopic (exact) mass is 307 g/mol. The van der Waals surface area contributed by atoms with Crippen LogP contribution in [0.3, 0.4) is 0 Å². The molecule has 0 saturated carbocycles. The van der Waals surface area contributed by atoms with Gasteiger partial charge in [0.2, 0.25) is 11.8 Å². The van der Waals surface area contributed by atoms with Gasteiger partial charge in [0.05, 0.1) is 16.9 Å². The highest BCUT2D eigenvalue weighted by atomic mass is 35.5. The van der Waals surface area contributed by atoms with Crippen LogP contribution in [0.1, 0.15) is 22.0 Å². The van der Waals surface area contributed by atoms with Crippen LogP contribution in [-0.2, 0) is 11.8 Å². The lowest BCUT2D eigenvalue weighted by Crippen LogP contribution is -2.27. The smallest absolute Gasteiger partial charge is 0.248 e. The number of nitrogens with zero attached hydrogens (tertiary/aromatic N) is 2. The largest absolute Gasteiger partial charge is 0.366 e. The normalized spacial score (nSPS) is 12.0. The molecule has 2 amide bonds. The molecule has 5 N–H and O–H groups in total. The van der Waals surface area contributed by atoms with E-state index in [4.69, 9.17) is 23.1 Å². The van der Waals surface area contributed by atoms with E-state index in [0.29, 0.717) is 5.56 Å². The Hall–Kier alpha value is -2.38. The Balaban J connectivity index is 2.19. The third kappa shape index (κ3) is 3.39. The number of nitrogens with one attached hydrogen (secondary N) is 1. The summed E-state index contributed by atoms with van der Waals surface area (Å²) in [4.78, 5) is 23.2. The standard InChI is InChI=1S/C13H14ClN5O2/c1-19-6-8(5-17-19)11(15)13(21)18-10-4-7(12(16)20)2-3-9(10)14/h2-6,11H,15H2,1H3,(H2,16,20)(H,18,21). The number of primary amides is 1. The van der Waals surface area contributed by atoms with E-state index in [9.17, 15) is 9.59 Å². The number of carbonyl (C=O) groups is 2. The molecule has 1 heterocycles. The molecule has 7 nitrogen and oxygen atoms in total. The van der Waals surface area contributed by atoms with E-state index in [1.165, 1.54) is 24.4 Å². The van der Waals surface area contributed by atoms with Gasteiger partial charge in [-0.2, -0.15) is 5.10 Å². The molecular weight excluding hydrogens is 294 g/mol. The molecule has 0 aliphatic rings. The third-order valence-electron chi connectivity index (χ3n) is 2.88. The van der Waals surface area contributed by atoms with E-state index < -0.39 is 17.9 Å². The zero-order valence-corrected chi connectivity index (χ0v) is 12.0. The van der Waals surface area contributed by atoms with Crippen molar-refractivity contribution in [3.05, 3.63) is 46.7 Å². The van der Waals surface area contributed by atoms with Crippen molar-refractivity contribution in [2.75, 3.05) is 5.32 Å². The predicted octanol–water partition coefficient (Wildman–Crippen LogP) is 0.811. The number of nitrogens with two attached hydrogens (primary N) is 2. The van der Waals surface area contributed by atoms with Crippen molar-refractivity contribution in [2.24, 2.45) is 18.5 Å². The van der Waals surface area contributed by atoms with E-state index >= 15 is 0 Å². The molecular formula is C13H14ClN5O2. The second-order valence-electron chi connectivity index (χ2n) is 4.47. The molecule has 8 heteroatoms. The quantitative estimate of drug-likeness (QED) is 0.775. The van der Waals surface area contributed by atoms with Crippen LogP contribution in [0.25, 0.3) is 0 Å². The highest BCUT2D eigenvalue weighted by Gasteiger charge is 2.18. The second kappa shape index (κ2) is 5.94. The summed E-state index contributed by atoms with van der Waals surface area (Å²) in [5, 5.41) is 6.81. The number of hydrogen-bond donors (Lipinski definition) is 3. The summed E-state index contributed by atoms with van der Waals surface area (Å²) in [7, 11) is 1.72. The Morgan fingerprint density at radius 1 is 1.43 bits per heavy atom. The number of rotatable bonds is 4. The van der Waals surface area contributed by atoms with Crippen molar-refractivity contribution in [3.63, 3.8) is 0 Å². The van der Waals surface area contributed by atoms with Gasteiger partial charge < -0.3 is 16.8 Å². The maximum absolute atomic E-state index is 12.1. The first-order valence-corrected chi connectivity index (χ1v) is 6.40. The van der Waals surface area contributed by atoms with E-state index in [2.05, 4.69) is 10.4 Å². The van der Waals surface area contributed by atoms with Gasteiger partial charge in [-0.25, -0.2) is 0 Å². The summed E-state index contributed by atoms with van der Waals surface area (Å²) in [6.07, 6.45) is 3.15. The number of hydrogen-bond acceptors (Lipinski definition) is 4. The number of halogens is 1. The Kier molecular flexibility index (Phi) is 4.25. The molecule has 2 rings (SSSR count). The lowest BCUT2D eigenvalue weighted by atomic mass is 10.1. The number of amides is 2. The molecule has 1 aromatic heterocycles. The van der Waals surface area contributed by atoms with Gasteiger partial charge in [-0.05, 0) is 18.2 Å². The molecule has 0 aliphatic heterocycles. The Morgan fingerprint density at radius 2 is 2.14 bits per heavy atom. The molecule has 1 aromatic carbocycles. The number of anilines is 1. The molecule has 0 radical (unpaired) electrons. The summed E-state index contributed by atoms with van der Waals surface area (Å²) < 4.78 is 1.54. The van der Waals surface area contributed by atoms with Gasteiger partial charge in [0.1, 0.15) is 6.04 Å². The third-order valence-corrected chi connectivity index (χ3v) is 3.20. The predicted molar refractivity (Wildman–Crippen MR) is 78.7 cm³/mol. The lowest BCUT2D eigenvalue weighted by molar-refractivity contribution is -0.117. The van der Waals surface area contributed by atoms with Crippen LogP contribution in [0.15, 0.2) is 30.6 Å². The van der Waals surface area contributed by atoms with Crippen molar-refractivity contribution in [3.8, 4) is 0 Å². The lowest BCUT2D eigenvalue weighted by Gasteiger charge is -2.12. The van der Waals surface area contributed by atoms with Gasteiger partial charge in [0.25, 0.3) is 0 Å². The summed E-state index contributed by atoms with van der Waals surface area (Å²) in [6, 6.07) is 3.46. The topological polar surface area (TPSA) is 116 Å². The Morgan fingerprint density at radius 3 is 2.71 bits per heavy atom. The van der Waals surface area contributed by atoms with Gasteiger partial charge >= 0.3 is 0 Å². The Labute approximate surface area is 125 Å². The van der Waals surface area contributed by atoms with E-state index in [-0.39, 0.29) is 16.3 Å². The highest BCUT2D eigenvalue weighted by molar-refractivity contribution is 6.34. The molecule has 110 valence electrons. The maximum atomic E-state index is 12.1. The van der Waals surface area contributed by atoms with Crippen LogP contribution in [-0.4, -0.2) is 21.6 Å². The first-order chi connectivity index (χ1) is 9.88. The van der Waals surface area contributed by atoms with Crippen LogP contribution in [0.2, 0.25) is 5.02 Å². The summed E-state index contributed by atoms with van der Waals surface area (Å²) in [5.74, 6) is -1.08. The molecule has 2 aromatic rings. The van der Waals surface area contributed by atoms with Crippen LogP contribution in [0.4, 0.5) is 5.69 Å². The van der Waals surface area contributed by atoms with Crippen molar-refractivity contribution < 1.29 is 9.59 Å². The number of aryl methyl sites for hydroxylation is 1. The SMILES string of the molecule is Cn1cc(C(N)C(=O)Nc2cc(C(N)=O)ccc2Cl)cn1. The number of carbonyl (C=O) groups excluding carboxylic acids is 2. The fraction of sp³-hybridized carbons (Fsp3) is 0.154. The minimum absolute atomic E-state index is 0.240.